The highest BCUT2D eigenvalue weighted by molar-refractivity contribution is 6.14. The van der Waals surface area contributed by atoms with Crippen LogP contribution in [0.3, 0.4) is 0 Å². The molecule has 53 heavy (non-hydrogen) atoms. The Kier molecular flexibility index (Phi) is 7.43. The van der Waals surface area contributed by atoms with Gasteiger partial charge in [0.1, 0.15) is 22.7 Å². The number of aromatic nitrogens is 3. The van der Waals surface area contributed by atoms with Crippen molar-refractivity contribution in [3.05, 3.63) is 186 Å². The van der Waals surface area contributed by atoms with Gasteiger partial charge in [-0.3, -0.25) is 0 Å². The summed E-state index contributed by atoms with van der Waals surface area (Å²) in [5.41, 5.74) is 12.5. The zero-order valence-electron chi connectivity index (χ0n) is 28.9. The van der Waals surface area contributed by atoms with Gasteiger partial charge in [-0.15, -0.1) is 0 Å². The van der Waals surface area contributed by atoms with Gasteiger partial charge in [-0.1, -0.05) is 122 Å². The summed E-state index contributed by atoms with van der Waals surface area (Å²) >= 11 is 0. The molecule has 2 aromatic heterocycles. The number of hydrogen-bond acceptors (Lipinski definition) is 5. The first kappa shape index (κ1) is 30.9. The molecule has 0 spiro atoms. The van der Waals surface area contributed by atoms with Gasteiger partial charge in [0, 0.05) is 27.5 Å². The fourth-order valence-corrected chi connectivity index (χ4v) is 7.74. The average molecular weight is 684 g/mol. The third kappa shape index (κ3) is 5.54. The number of fused-ring (bicyclic) bond motifs is 7. The number of para-hydroxylation sites is 2. The quantitative estimate of drug-likeness (QED) is 0.185. The summed E-state index contributed by atoms with van der Waals surface area (Å²) in [4.78, 5) is 15.7. The Morgan fingerprint density at radius 2 is 1.25 bits per heavy atom. The maximum absolute atomic E-state index is 6.45. The van der Waals surface area contributed by atoms with Crippen LogP contribution in [0, 0.1) is 0 Å². The van der Waals surface area contributed by atoms with Crippen LogP contribution in [0.2, 0.25) is 0 Å². The number of benzene rings is 6. The molecule has 0 saturated heterocycles. The van der Waals surface area contributed by atoms with Gasteiger partial charge in [0.25, 0.3) is 0 Å². The lowest BCUT2D eigenvalue weighted by Crippen LogP contribution is -2.05. The molecule has 1 aliphatic heterocycles. The van der Waals surface area contributed by atoms with Crippen LogP contribution in [-0.4, -0.2) is 15.0 Å². The summed E-state index contributed by atoms with van der Waals surface area (Å²) in [6.07, 6.45) is 8.99. The van der Waals surface area contributed by atoms with Crippen LogP contribution in [0.25, 0.3) is 72.8 Å². The van der Waals surface area contributed by atoms with Crippen molar-refractivity contribution in [1.82, 2.24) is 15.0 Å². The lowest BCUT2D eigenvalue weighted by molar-refractivity contribution is 0.443. The highest BCUT2D eigenvalue weighted by atomic mass is 16.5. The summed E-state index contributed by atoms with van der Waals surface area (Å²) in [5.74, 6) is 3.13. The van der Waals surface area contributed by atoms with E-state index in [0.717, 1.165) is 73.9 Å². The minimum Gasteiger partial charge on any atom is -0.458 e. The van der Waals surface area contributed by atoms with E-state index in [1.54, 1.807) is 0 Å². The second-order valence-electron chi connectivity index (χ2n) is 13.5. The topological polar surface area (TPSA) is 61.0 Å². The normalized spacial score (nSPS) is 15.2. The van der Waals surface area contributed by atoms with E-state index in [1.165, 1.54) is 22.3 Å². The smallest absolute Gasteiger partial charge is 0.165 e. The molecule has 8 aromatic rings. The van der Waals surface area contributed by atoms with E-state index in [0.29, 0.717) is 29.7 Å². The van der Waals surface area contributed by atoms with Gasteiger partial charge < -0.3 is 9.15 Å². The number of ether oxygens (including phenoxy) is 1. The second kappa shape index (κ2) is 12.7. The zero-order valence-corrected chi connectivity index (χ0v) is 28.9. The maximum atomic E-state index is 6.45. The second-order valence-corrected chi connectivity index (χ2v) is 13.5. The van der Waals surface area contributed by atoms with E-state index in [-0.39, 0.29) is 0 Å². The van der Waals surface area contributed by atoms with Crippen LogP contribution < -0.4 is 4.74 Å². The van der Waals surface area contributed by atoms with E-state index < -0.39 is 0 Å². The van der Waals surface area contributed by atoms with Crippen LogP contribution in [0.1, 0.15) is 22.3 Å². The van der Waals surface area contributed by atoms with E-state index >= 15 is 0 Å². The zero-order chi connectivity index (χ0) is 35.3. The summed E-state index contributed by atoms with van der Waals surface area (Å²) in [6, 6.07) is 45.8. The van der Waals surface area contributed by atoms with Crippen molar-refractivity contribution >= 4 is 27.5 Å². The third-order valence-corrected chi connectivity index (χ3v) is 10.2. The Balaban J connectivity index is 1.22. The third-order valence-electron chi connectivity index (χ3n) is 10.2. The summed E-state index contributed by atoms with van der Waals surface area (Å²) in [6.45, 7) is 4.30. The van der Waals surface area contributed by atoms with Gasteiger partial charge in [-0.25, -0.2) is 15.0 Å². The molecule has 0 saturated carbocycles. The molecule has 0 N–H and O–H groups in total. The highest BCUT2D eigenvalue weighted by Crippen LogP contribution is 2.42. The number of furan rings is 1. The largest absolute Gasteiger partial charge is 0.458 e. The number of aryl methyl sites for hydroxylation is 2. The number of nitrogens with zero attached hydrogens (tertiary/aromatic N) is 3. The first-order valence-electron chi connectivity index (χ1n) is 18.0. The molecule has 10 rings (SSSR count). The molecular formula is C48H33N3O2. The van der Waals surface area contributed by atoms with E-state index in [2.05, 4.69) is 79.4 Å². The Labute approximate surface area is 307 Å². The van der Waals surface area contributed by atoms with Crippen LogP contribution in [0.5, 0.6) is 5.75 Å². The first-order valence-corrected chi connectivity index (χ1v) is 18.0. The lowest BCUT2D eigenvalue weighted by atomic mass is 9.85. The SMILES string of the molecule is C=C1/C=C(c2ccc3oc4ccccc4c3c2-c2nc(-c3ccccc3)nc(-c3ccc4c(c3)CCc3ccccc3-4)n2)\C=C/Cc2ccccc2O1. The molecule has 2 aliphatic rings. The number of rotatable bonds is 4. The van der Waals surface area contributed by atoms with Crippen molar-refractivity contribution in [2.75, 3.05) is 0 Å². The molecule has 3 heterocycles. The van der Waals surface area contributed by atoms with Gasteiger partial charge >= 0.3 is 0 Å². The average Bonchev–Trinajstić information content (AvgIpc) is 3.62. The number of allylic oxidation sites excluding steroid dienone is 4. The van der Waals surface area contributed by atoms with E-state index in [9.17, 15) is 0 Å². The monoisotopic (exact) mass is 683 g/mol. The van der Waals surface area contributed by atoms with Crippen LogP contribution in [0.15, 0.2) is 168 Å². The van der Waals surface area contributed by atoms with Gasteiger partial charge in [-0.2, -0.15) is 0 Å². The van der Waals surface area contributed by atoms with Gasteiger partial charge in [-0.05, 0) is 94.6 Å². The molecule has 5 nitrogen and oxygen atoms in total. The molecule has 6 aromatic carbocycles. The lowest BCUT2D eigenvalue weighted by Gasteiger charge is -2.20. The van der Waals surface area contributed by atoms with Gasteiger partial charge in [0.05, 0.1) is 0 Å². The molecule has 0 unspecified atom stereocenters. The summed E-state index contributed by atoms with van der Waals surface area (Å²) < 4.78 is 12.8. The van der Waals surface area contributed by atoms with E-state index in [1.807, 2.05) is 78.9 Å². The molecular weight excluding hydrogens is 651 g/mol. The van der Waals surface area contributed by atoms with Crippen LogP contribution in [-0.2, 0) is 19.3 Å². The van der Waals surface area contributed by atoms with Gasteiger partial charge in [0.15, 0.2) is 17.5 Å². The number of hydrogen-bond donors (Lipinski definition) is 0. The fraction of sp³-hybridized carbons (Fsp3) is 0.0625. The first-order chi connectivity index (χ1) is 26.2. The minimum absolute atomic E-state index is 0.541. The Morgan fingerprint density at radius 1 is 0.547 bits per heavy atom. The summed E-state index contributed by atoms with van der Waals surface area (Å²) in [7, 11) is 0. The molecule has 0 amide bonds. The van der Waals surface area contributed by atoms with Crippen molar-refractivity contribution in [3.8, 4) is 51.0 Å². The maximum Gasteiger partial charge on any atom is 0.165 e. The minimum atomic E-state index is 0.541. The van der Waals surface area contributed by atoms with E-state index in [4.69, 9.17) is 24.1 Å². The molecule has 0 atom stereocenters. The van der Waals surface area contributed by atoms with Crippen molar-refractivity contribution in [3.63, 3.8) is 0 Å². The van der Waals surface area contributed by atoms with Crippen molar-refractivity contribution in [2.45, 2.75) is 19.3 Å². The Morgan fingerprint density at radius 3 is 2.15 bits per heavy atom. The molecule has 0 radical (unpaired) electrons. The summed E-state index contributed by atoms with van der Waals surface area (Å²) in [5, 5.41) is 1.94. The molecule has 252 valence electrons. The molecule has 0 bridgehead atoms. The predicted molar refractivity (Wildman–Crippen MR) is 213 cm³/mol. The van der Waals surface area contributed by atoms with Crippen LogP contribution in [0.4, 0.5) is 0 Å². The molecule has 0 fully saturated rings. The molecule has 5 heteroatoms. The van der Waals surface area contributed by atoms with Crippen LogP contribution >= 0.6 is 0 Å². The molecule has 1 aliphatic carbocycles. The van der Waals surface area contributed by atoms with Gasteiger partial charge in [0.2, 0.25) is 0 Å². The Bertz CT molecular complexity index is 2810. The van der Waals surface area contributed by atoms with Crippen molar-refractivity contribution in [1.29, 1.82) is 0 Å². The Hall–Kier alpha value is -6.85. The fourth-order valence-electron chi connectivity index (χ4n) is 7.74. The standard InChI is InChI=1S/C48H33N3O2/c1-30-28-34(17-11-16-32-13-6-9-20-41(32)52-30)39-26-27-43-44(40-19-8-10-21-42(40)53-43)45(39)48-50-46(33-14-3-2-4-15-33)49-47(51-48)36-24-25-38-35(29-36)23-22-31-12-5-7-18-37(31)38/h2-15,17-21,24-29H,1,16,22-23H2/b17-11-,34-28+. The predicted octanol–water partition coefficient (Wildman–Crippen LogP) is 11.6. The highest BCUT2D eigenvalue weighted by Gasteiger charge is 2.24. The van der Waals surface area contributed by atoms with Crippen molar-refractivity contribution in [2.24, 2.45) is 0 Å². The van der Waals surface area contributed by atoms with Crippen molar-refractivity contribution < 1.29 is 9.15 Å².